The van der Waals surface area contributed by atoms with Crippen LogP contribution in [0.1, 0.15) is 27.4 Å². The van der Waals surface area contributed by atoms with Crippen molar-refractivity contribution in [2.24, 2.45) is 0 Å². The molecule has 0 radical (unpaired) electrons. The van der Waals surface area contributed by atoms with Gasteiger partial charge in [-0.1, -0.05) is 22.0 Å². The number of anilines is 1. The number of pyridine rings is 1. The molecule has 2 aromatic rings. The van der Waals surface area contributed by atoms with Gasteiger partial charge in [-0.3, -0.25) is 9.59 Å². The second-order valence-corrected chi connectivity index (χ2v) is 5.89. The highest BCUT2D eigenvalue weighted by Crippen LogP contribution is 2.14. The molecule has 7 heteroatoms. The summed E-state index contributed by atoms with van der Waals surface area (Å²) < 4.78 is 5.84. The Kier molecular flexibility index (Phi) is 6.89. The number of aromatic nitrogens is 1. The van der Waals surface area contributed by atoms with Crippen LogP contribution < -0.4 is 10.6 Å². The van der Waals surface area contributed by atoms with E-state index >= 15 is 0 Å². The quantitative estimate of drug-likeness (QED) is 0.711. The summed E-state index contributed by atoms with van der Waals surface area (Å²) in [5, 5.41) is 5.48. The summed E-state index contributed by atoms with van der Waals surface area (Å²) in [5.41, 5.74) is 1.04. The van der Waals surface area contributed by atoms with Gasteiger partial charge in [0.05, 0.1) is 0 Å². The summed E-state index contributed by atoms with van der Waals surface area (Å²) >= 11 is 3.34. The largest absolute Gasteiger partial charge is 0.385 e. The van der Waals surface area contributed by atoms with Crippen LogP contribution in [0, 0.1) is 0 Å². The molecule has 2 rings (SSSR count). The Morgan fingerprint density at radius 1 is 1.08 bits per heavy atom. The molecule has 1 heterocycles. The lowest BCUT2D eigenvalue weighted by Crippen LogP contribution is -2.27. The van der Waals surface area contributed by atoms with E-state index in [1.54, 1.807) is 37.4 Å². The second kappa shape index (κ2) is 9.14. The van der Waals surface area contributed by atoms with Crippen LogP contribution in [0.25, 0.3) is 0 Å². The molecular weight excluding hydrogens is 374 g/mol. The maximum absolute atomic E-state index is 12.2. The topological polar surface area (TPSA) is 80.3 Å². The molecule has 0 saturated heterocycles. The number of carbonyl (C=O) groups excluding carboxylic acids is 2. The molecule has 0 aliphatic carbocycles. The fraction of sp³-hybridized carbons (Fsp3) is 0.235. The van der Waals surface area contributed by atoms with Gasteiger partial charge in [-0.2, -0.15) is 0 Å². The lowest BCUT2D eigenvalue weighted by molar-refractivity contribution is 0.0943. The van der Waals surface area contributed by atoms with Gasteiger partial charge < -0.3 is 15.4 Å². The predicted octanol–water partition coefficient (Wildman–Crippen LogP) is 2.86. The molecule has 0 aliphatic heterocycles. The molecular formula is C17H18BrN3O3. The van der Waals surface area contributed by atoms with Crippen LogP contribution in [0.2, 0.25) is 0 Å². The molecule has 1 aromatic carbocycles. The van der Waals surface area contributed by atoms with Gasteiger partial charge >= 0.3 is 0 Å². The van der Waals surface area contributed by atoms with E-state index in [1.807, 2.05) is 12.1 Å². The van der Waals surface area contributed by atoms with Crippen LogP contribution in [-0.4, -0.2) is 37.1 Å². The molecule has 0 unspecified atom stereocenters. The smallest absolute Gasteiger partial charge is 0.274 e. The third kappa shape index (κ3) is 5.43. The standard InChI is InChI=1S/C17H18BrN3O3/c1-24-11-3-10-19-16(22)14-4-2-5-15(21-14)17(23)20-13-8-6-12(18)7-9-13/h2,4-9H,3,10-11H2,1H3,(H,19,22)(H,20,23). The van der Waals surface area contributed by atoms with Crippen LogP contribution in [-0.2, 0) is 4.74 Å². The van der Waals surface area contributed by atoms with Crippen LogP contribution in [0.4, 0.5) is 5.69 Å². The Morgan fingerprint density at radius 2 is 1.75 bits per heavy atom. The highest BCUT2D eigenvalue weighted by Gasteiger charge is 2.12. The summed E-state index contributed by atoms with van der Waals surface area (Å²) in [6.45, 7) is 1.06. The first kappa shape index (κ1) is 18.1. The van der Waals surface area contributed by atoms with Gasteiger partial charge in [-0.05, 0) is 42.8 Å². The molecule has 0 bridgehead atoms. The first-order chi connectivity index (χ1) is 11.6. The van der Waals surface area contributed by atoms with E-state index in [0.717, 1.165) is 4.47 Å². The number of benzene rings is 1. The van der Waals surface area contributed by atoms with Crippen molar-refractivity contribution in [3.63, 3.8) is 0 Å². The van der Waals surface area contributed by atoms with Crippen LogP contribution in [0.15, 0.2) is 46.9 Å². The van der Waals surface area contributed by atoms with E-state index in [1.165, 1.54) is 0 Å². The lowest BCUT2D eigenvalue weighted by atomic mass is 10.2. The van der Waals surface area contributed by atoms with Gasteiger partial charge in [0.15, 0.2) is 0 Å². The van der Waals surface area contributed by atoms with Crippen LogP contribution >= 0.6 is 15.9 Å². The summed E-state index contributed by atoms with van der Waals surface area (Å²) in [5.74, 6) is -0.684. The van der Waals surface area contributed by atoms with E-state index in [2.05, 4.69) is 31.5 Å². The molecule has 1 aromatic heterocycles. The molecule has 0 spiro atoms. The molecule has 0 aliphatic rings. The Bertz CT molecular complexity index is 704. The zero-order valence-electron chi connectivity index (χ0n) is 13.2. The molecule has 0 saturated carbocycles. The zero-order chi connectivity index (χ0) is 17.4. The Labute approximate surface area is 148 Å². The molecule has 0 fully saturated rings. The van der Waals surface area contributed by atoms with Gasteiger partial charge in [0.1, 0.15) is 11.4 Å². The molecule has 2 amide bonds. The van der Waals surface area contributed by atoms with E-state index in [9.17, 15) is 9.59 Å². The SMILES string of the molecule is COCCCNC(=O)c1cccc(C(=O)Nc2ccc(Br)cc2)n1. The van der Waals surface area contributed by atoms with E-state index in [0.29, 0.717) is 25.3 Å². The minimum atomic E-state index is -0.369. The summed E-state index contributed by atoms with van der Waals surface area (Å²) in [6, 6.07) is 12.0. The number of hydrogen-bond acceptors (Lipinski definition) is 4. The number of hydrogen-bond donors (Lipinski definition) is 2. The van der Waals surface area contributed by atoms with Crippen molar-refractivity contribution in [3.8, 4) is 0 Å². The normalized spacial score (nSPS) is 10.2. The number of halogens is 1. The van der Waals surface area contributed by atoms with E-state index in [-0.39, 0.29) is 23.2 Å². The highest BCUT2D eigenvalue weighted by atomic mass is 79.9. The minimum Gasteiger partial charge on any atom is -0.385 e. The third-order valence-corrected chi connectivity index (χ3v) is 3.66. The number of amides is 2. The van der Waals surface area contributed by atoms with Gasteiger partial charge in [-0.25, -0.2) is 4.98 Å². The summed E-state index contributed by atoms with van der Waals surface area (Å²) in [7, 11) is 1.61. The first-order valence-electron chi connectivity index (χ1n) is 7.41. The van der Waals surface area contributed by atoms with Crippen molar-refractivity contribution >= 4 is 33.4 Å². The average Bonchev–Trinajstić information content (AvgIpc) is 2.60. The summed E-state index contributed by atoms with van der Waals surface area (Å²) in [6.07, 6.45) is 0.714. The molecule has 2 N–H and O–H groups in total. The van der Waals surface area contributed by atoms with Crippen LogP contribution in [0.3, 0.4) is 0 Å². The third-order valence-electron chi connectivity index (χ3n) is 3.13. The highest BCUT2D eigenvalue weighted by molar-refractivity contribution is 9.10. The number of carbonyl (C=O) groups is 2. The maximum atomic E-state index is 12.2. The fourth-order valence-electron chi connectivity index (χ4n) is 1.92. The van der Waals surface area contributed by atoms with E-state index < -0.39 is 0 Å². The maximum Gasteiger partial charge on any atom is 0.274 e. The van der Waals surface area contributed by atoms with Crippen molar-refractivity contribution in [3.05, 3.63) is 58.3 Å². The van der Waals surface area contributed by atoms with Crippen molar-refractivity contribution < 1.29 is 14.3 Å². The second-order valence-electron chi connectivity index (χ2n) is 4.97. The Hall–Kier alpha value is -2.25. The number of nitrogens with zero attached hydrogens (tertiary/aromatic N) is 1. The number of nitrogens with one attached hydrogen (secondary N) is 2. The summed E-state index contributed by atoms with van der Waals surface area (Å²) in [4.78, 5) is 28.4. The van der Waals surface area contributed by atoms with E-state index in [4.69, 9.17) is 4.74 Å². The molecule has 24 heavy (non-hydrogen) atoms. The Morgan fingerprint density at radius 3 is 2.42 bits per heavy atom. The fourth-order valence-corrected chi connectivity index (χ4v) is 2.19. The van der Waals surface area contributed by atoms with Gasteiger partial charge in [0.25, 0.3) is 11.8 Å². The monoisotopic (exact) mass is 391 g/mol. The van der Waals surface area contributed by atoms with Crippen molar-refractivity contribution in [2.75, 3.05) is 25.6 Å². The van der Waals surface area contributed by atoms with Crippen molar-refractivity contribution in [1.29, 1.82) is 0 Å². The van der Waals surface area contributed by atoms with Crippen molar-refractivity contribution in [1.82, 2.24) is 10.3 Å². The zero-order valence-corrected chi connectivity index (χ0v) is 14.8. The number of rotatable bonds is 7. The van der Waals surface area contributed by atoms with Crippen molar-refractivity contribution in [2.45, 2.75) is 6.42 Å². The number of methoxy groups -OCH3 is 1. The Balaban J connectivity index is 1.99. The number of ether oxygens (including phenoxy) is 1. The van der Waals surface area contributed by atoms with Gasteiger partial charge in [0.2, 0.25) is 0 Å². The lowest BCUT2D eigenvalue weighted by Gasteiger charge is -2.07. The first-order valence-corrected chi connectivity index (χ1v) is 8.20. The van der Waals surface area contributed by atoms with Gasteiger partial charge in [0, 0.05) is 30.4 Å². The minimum absolute atomic E-state index is 0.183. The van der Waals surface area contributed by atoms with Gasteiger partial charge in [-0.15, -0.1) is 0 Å². The molecule has 6 nitrogen and oxygen atoms in total. The molecule has 0 atom stereocenters. The molecule has 126 valence electrons. The van der Waals surface area contributed by atoms with Crippen LogP contribution in [0.5, 0.6) is 0 Å². The average molecular weight is 392 g/mol. The predicted molar refractivity (Wildman–Crippen MR) is 95.2 cm³/mol.